The number of para-hydroxylation sites is 1. The smallest absolute Gasteiger partial charge is 0.251 e. The lowest BCUT2D eigenvalue weighted by Gasteiger charge is -2.11. The van der Waals surface area contributed by atoms with E-state index in [1.807, 2.05) is 96.6 Å². The quantitative estimate of drug-likeness (QED) is 0.443. The number of nitrogens with zero attached hydrogens (tertiary/aromatic N) is 3. The summed E-state index contributed by atoms with van der Waals surface area (Å²) in [5.74, 6) is -0.0750. The van der Waals surface area contributed by atoms with Crippen LogP contribution in [0.25, 0.3) is 16.6 Å². The van der Waals surface area contributed by atoms with Crippen LogP contribution in [0.15, 0.2) is 72.9 Å². The lowest BCUT2D eigenvalue weighted by atomic mass is 10.2. The van der Waals surface area contributed by atoms with Crippen molar-refractivity contribution in [3.8, 4) is 5.69 Å². The van der Waals surface area contributed by atoms with Crippen molar-refractivity contribution in [2.75, 3.05) is 32.5 Å². The summed E-state index contributed by atoms with van der Waals surface area (Å²) in [5.41, 5.74) is 4.30. The maximum atomic E-state index is 12.3. The normalized spacial score (nSPS) is 11.1. The van der Waals surface area contributed by atoms with E-state index in [0.29, 0.717) is 17.1 Å². The highest BCUT2D eigenvalue weighted by Crippen LogP contribution is 2.28. The van der Waals surface area contributed by atoms with Gasteiger partial charge < -0.3 is 15.5 Å². The van der Waals surface area contributed by atoms with Gasteiger partial charge in [-0.15, -0.1) is 0 Å². The maximum absolute atomic E-state index is 12.3. The van der Waals surface area contributed by atoms with Crippen LogP contribution in [0.5, 0.6) is 0 Å². The summed E-state index contributed by atoms with van der Waals surface area (Å²) >= 11 is 6.24. The third kappa shape index (κ3) is 4.87. The van der Waals surface area contributed by atoms with E-state index in [-0.39, 0.29) is 5.91 Å². The molecule has 1 amide bonds. The van der Waals surface area contributed by atoms with Gasteiger partial charge in [0.2, 0.25) is 0 Å². The van der Waals surface area contributed by atoms with Crippen LogP contribution in [0.3, 0.4) is 0 Å². The Bertz CT molecular complexity index is 1200. The van der Waals surface area contributed by atoms with E-state index >= 15 is 0 Å². The monoisotopic (exact) mass is 433 g/mol. The molecule has 2 N–H and O–H groups in total. The van der Waals surface area contributed by atoms with Gasteiger partial charge in [0.15, 0.2) is 0 Å². The Kier molecular flexibility index (Phi) is 6.21. The highest BCUT2D eigenvalue weighted by atomic mass is 35.5. The van der Waals surface area contributed by atoms with Gasteiger partial charge in [-0.3, -0.25) is 4.79 Å². The van der Waals surface area contributed by atoms with E-state index in [1.54, 1.807) is 0 Å². The average Bonchev–Trinajstić information content (AvgIpc) is 3.18. The third-order valence-corrected chi connectivity index (χ3v) is 5.27. The van der Waals surface area contributed by atoms with Gasteiger partial charge in [-0.05, 0) is 68.7 Å². The Morgan fingerprint density at radius 3 is 2.58 bits per heavy atom. The van der Waals surface area contributed by atoms with Crippen molar-refractivity contribution < 1.29 is 4.79 Å². The van der Waals surface area contributed by atoms with Crippen LogP contribution in [0.1, 0.15) is 10.4 Å². The molecule has 0 fully saturated rings. The lowest BCUT2D eigenvalue weighted by molar-refractivity contribution is 0.0951. The number of amides is 1. The Morgan fingerprint density at radius 2 is 1.84 bits per heavy atom. The highest BCUT2D eigenvalue weighted by Gasteiger charge is 2.09. The Balaban J connectivity index is 1.51. The number of aromatic nitrogens is 2. The molecule has 31 heavy (non-hydrogen) atoms. The molecule has 7 heteroatoms. The van der Waals surface area contributed by atoms with Crippen molar-refractivity contribution in [3.63, 3.8) is 0 Å². The van der Waals surface area contributed by atoms with Crippen molar-refractivity contribution in [2.24, 2.45) is 0 Å². The van der Waals surface area contributed by atoms with E-state index < -0.39 is 0 Å². The average molecular weight is 434 g/mol. The fraction of sp³-hybridized carbons (Fsp3) is 0.167. The molecule has 0 aliphatic carbocycles. The molecule has 0 saturated heterocycles. The molecule has 0 spiro atoms. The van der Waals surface area contributed by atoms with Crippen LogP contribution in [-0.2, 0) is 0 Å². The largest absolute Gasteiger partial charge is 0.354 e. The van der Waals surface area contributed by atoms with Crippen LogP contribution in [-0.4, -0.2) is 47.8 Å². The van der Waals surface area contributed by atoms with E-state index in [1.165, 1.54) is 0 Å². The number of halogens is 1. The number of carbonyl (C=O) groups excluding carboxylic acids is 1. The van der Waals surface area contributed by atoms with Crippen LogP contribution in [0, 0.1) is 0 Å². The van der Waals surface area contributed by atoms with E-state index in [4.69, 9.17) is 11.6 Å². The number of likely N-dealkylation sites (N-methyl/N-ethyl adjacent to an activating group) is 1. The number of benzene rings is 3. The van der Waals surface area contributed by atoms with Crippen molar-refractivity contribution >= 4 is 39.8 Å². The number of nitrogens with one attached hydrogen (secondary N) is 2. The second-order valence-electron chi connectivity index (χ2n) is 7.54. The van der Waals surface area contributed by atoms with Gasteiger partial charge in [0.1, 0.15) is 0 Å². The molecule has 0 unspecified atom stereocenters. The third-order valence-electron chi connectivity index (χ3n) is 4.94. The van der Waals surface area contributed by atoms with E-state index in [0.717, 1.165) is 34.5 Å². The van der Waals surface area contributed by atoms with Crippen molar-refractivity contribution in [2.45, 2.75) is 0 Å². The summed E-state index contributed by atoms with van der Waals surface area (Å²) in [5, 5.41) is 12.5. The topological polar surface area (TPSA) is 62.2 Å². The van der Waals surface area contributed by atoms with Gasteiger partial charge in [0.25, 0.3) is 5.91 Å². The van der Waals surface area contributed by atoms with Gasteiger partial charge in [0, 0.05) is 29.7 Å². The molecule has 4 aromatic rings. The lowest BCUT2D eigenvalue weighted by Crippen LogP contribution is -2.31. The van der Waals surface area contributed by atoms with Gasteiger partial charge in [-0.1, -0.05) is 23.7 Å². The van der Waals surface area contributed by atoms with Gasteiger partial charge in [-0.2, -0.15) is 5.10 Å². The summed E-state index contributed by atoms with van der Waals surface area (Å²) < 4.78 is 1.86. The zero-order valence-corrected chi connectivity index (χ0v) is 18.2. The minimum absolute atomic E-state index is 0.0750. The van der Waals surface area contributed by atoms with Gasteiger partial charge >= 0.3 is 0 Å². The first-order chi connectivity index (χ1) is 15.0. The second-order valence-corrected chi connectivity index (χ2v) is 7.95. The minimum Gasteiger partial charge on any atom is -0.354 e. The Hall–Kier alpha value is -3.35. The molecule has 6 nitrogen and oxygen atoms in total. The molecule has 158 valence electrons. The molecule has 4 rings (SSSR count). The molecular weight excluding hydrogens is 410 g/mol. The number of hydrogen-bond donors (Lipinski definition) is 2. The van der Waals surface area contributed by atoms with Crippen molar-refractivity contribution in [1.29, 1.82) is 0 Å². The first-order valence-corrected chi connectivity index (χ1v) is 10.4. The van der Waals surface area contributed by atoms with Crippen LogP contribution in [0.4, 0.5) is 11.4 Å². The van der Waals surface area contributed by atoms with Crippen molar-refractivity contribution in [1.82, 2.24) is 20.0 Å². The van der Waals surface area contributed by atoms with Crippen LogP contribution >= 0.6 is 11.6 Å². The standard InChI is InChI=1S/C24H24ClN5O/c1-29(2)14-13-26-24(31)17-7-10-20(11-8-17)30-23-12-9-19(15-18(23)16-27-30)28-22-6-4-3-5-21(22)25/h3-12,15-16,28H,13-14H2,1-2H3,(H,26,31). The minimum atomic E-state index is -0.0750. The summed E-state index contributed by atoms with van der Waals surface area (Å²) in [7, 11) is 3.95. The second kappa shape index (κ2) is 9.20. The molecule has 0 aliphatic heterocycles. The molecule has 1 heterocycles. The highest BCUT2D eigenvalue weighted by molar-refractivity contribution is 6.33. The molecule has 0 radical (unpaired) electrons. The molecule has 3 aromatic carbocycles. The molecule has 1 aromatic heterocycles. The van der Waals surface area contributed by atoms with E-state index in [9.17, 15) is 4.79 Å². The number of rotatable bonds is 7. The fourth-order valence-corrected chi connectivity index (χ4v) is 3.47. The summed E-state index contributed by atoms with van der Waals surface area (Å²) in [4.78, 5) is 14.3. The Morgan fingerprint density at radius 1 is 1.06 bits per heavy atom. The summed E-state index contributed by atoms with van der Waals surface area (Å²) in [6.45, 7) is 1.42. The zero-order valence-electron chi connectivity index (χ0n) is 17.5. The number of hydrogen-bond acceptors (Lipinski definition) is 4. The van der Waals surface area contributed by atoms with Crippen LogP contribution < -0.4 is 10.6 Å². The first kappa shape index (κ1) is 20.9. The fourth-order valence-electron chi connectivity index (χ4n) is 3.28. The predicted octanol–water partition coefficient (Wildman–Crippen LogP) is 4.71. The summed E-state index contributed by atoms with van der Waals surface area (Å²) in [6.07, 6.45) is 1.83. The number of carbonyl (C=O) groups is 1. The van der Waals surface area contributed by atoms with Crippen LogP contribution in [0.2, 0.25) is 5.02 Å². The first-order valence-electron chi connectivity index (χ1n) is 10.0. The molecular formula is C24H24ClN5O. The summed E-state index contributed by atoms with van der Waals surface area (Å²) in [6, 6.07) is 21.1. The SMILES string of the molecule is CN(C)CCNC(=O)c1ccc(-n2ncc3cc(Nc4ccccc4Cl)ccc32)cc1. The maximum Gasteiger partial charge on any atom is 0.251 e. The van der Waals surface area contributed by atoms with Gasteiger partial charge in [0.05, 0.1) is 28.1 Å². The molecule has 0 aliphatic rings. The van der Waals surface area contributed by atoms with Gasteiger partial charge in [-0.25, -0.2) is 4.68 Å². The number of anilines is 2. The van der Waals surface area contributed by atoms with E-state index in [2.05, 4.69) is 15.7 Å². The Labute approximate surface area is 186 Å². The van der Waals surface area contributed by atoms with Crippen molar-refractivity contribution in [3.05, 3.63) is 83.5 Å². The number of fused-ring (bicyclic) bond motifs is 1. The molecule has 0 atom stereocenters. The predicted molar refractivity (Wildman–Crippen MR) is 127 cm³/mol. The zero-order chi connectivity index (χ0) is 21.8. The molecule has 0 bridgehead atoms. The molecule has 0 saturated carbocycles.